The van der Waals surface area contributed by atoms with Gasteiger partial charge in [0, 0.05) is 17.8 Å². The summed E-state index contributed by atoms with van der Waals surface area (Å²) in [5.41, 5.74) is 2.98. The second-order valence-corrected chi connectivity index (χ2v) is 5.64. The lowest BCUT2D eigenvalue weighted by Gasteiger charge is -2.02. The molecule has 0 bridgehead atoms. The van der Waals surface area contributed by atoms with Gasteiger partial charge in [0.25, 0.3) is 5.89 Å². The molecule has 0 radical (unpaired) electrons. The molecule has 5 nitrogen and oxygen atoms in total. The Hall–Kier alpha value is -2.69. The first kappa shape index (κ1) is 13.0. The lowest BCUT2D eigenvalue weighted by Crippen LogP contribution is -2.02. The van der Waals surface area contributed by atoms with E-state index in [1.54, 1.807) is 6.20 Å². The molecule has 1 aromatic carbocycles. The van der Waals surface area contributed by atoms with Crippen molar-refractivity contribution in [2.24, 2.45) is 0 Å². The van der Waals surface area contributed by atoms with Crippen molar-refractivity contribution in [2.75, 3.05) is 5.32 Å². The molecule has 0 aliphatic heterocycles. The van der Waals surface area contributed by atoms with Crippen LogP contribution in [0.2, 0.25) is 0 Å². The number of aryl methyl sites for hydroxylation is 1. The van der Waals surface area contributed by atoms with Crippen LogP contribution >= 0.6 is 0 Å². The van der Waals surface area contributed by atoms with Crippen molar-refractivity contribution in [2.45, 2.75) is 25.8 Å². The van der Waals surface area contributed by atoms with E-state index in [0.717, 1.165) is 16.9 Å². The summed E-state index contributed by atoms with van der Waals surface area (Å²) in [7, 11) is 0. The molecule has 1 aliphatic carbocycles. The third-order valence-electron chi connectivity index (χ3n) is 3.68. The fourth-order valence-corrected chi connectivity index (χ4v) is 2.20. The van der Waals surface area contributed by atoms with Crippen LogP contribution in [-0.2, 0) is 0 Å². The summed E-state index contributed by atoms with van der Waals surface area (Å²) in [4.78, 5) is 8.84. The molecule has 1 saturated carbocycles. The number of pyridine rings is 1. The summed E-state index contributed by atoms with van der Waals surface area (Å²) in [6, 6.07) is 12.5. The Labute approximate surface area is 128 Å². The molecule has 0 saturated heterocycles. The molecule has 0 spiro atoms. The molecule has 3 aromatic rings. The second-order valence-electron chi connectivity index (χ2n) is 5.64. The van der Waals surface area contributed by atoms with Crippen molar-refractivity contribution in [3.63, 3.8) is 0 Å². The molecule has 2 heterocycles. The number of benzene rings is 1. The third-order valence-corrected chi connectivity index (χ3v) is 3.68. The normalized spacial score (nSPS) is 14.0. The van der Waals surface area contributed by atoms with E-state index in [1.165, 1.54) is 18.4 Å². The van der Waals surface area contributed by atoms with Gasteiger partial charge in [0.1, 0.15) is 5.82 Å². The Bertz CT molecular complexity index is 773. The van der Waals surface area contributed by atoms with E-state index in [1.807, 2.05) is 43.3 Å². The minimum atomic E-state index is 0.487. The molecule has 5 heteroatoms. The average Bonchev–Trinajstić information content (AvgIpc) is 3.22. The zero-order chi connectivity index (χ0) is 14.9. The number of hydrogen-bond donors (Lipinski definition) is 1. The van der Waals surface area contributed by atoms with Gasteiger partial charge in [0.2, 0.25) is 5.82 Å². The van der Waals surface area contributed by atoms with Crippen LogP contribution in [0.25, 0.3) is 22.8 Å². The van der Waals surface area contributed by atoms with Crippen molar-refractivity contribution in [3.05, 3.63) is 48.2 Å². The summed E-state index contributed by atoms with van der Waals surface area (Å²) in [5.74, 6) is 1.97. The Kier molecular flexibility index (Phi) is 3.11. The number of nitrogens with one attached hydrogen (secondary N) is 1. The highest BCUT2D eigenvalue weighted by Gasteiger charge is 2.21. The summed E-state index contributed by atoms with van der Waals surface area (Å²) in [5, 5.41) is 7.40. The number of rotatable bonds is 4. The quantitative estimate of drug-likeness (QED) is 0.794. The average molecular weight is 292 g/mol. The van der Waals surface area contributed by atoms with E-state index >= 15 is 0 Å². The van der Waals surface area contributed by atoms with Gasteiger partial charge in [-0.05, 0) is 31.9 Å². The van der Waals surface area contributed by atoms with Gasteiger partial charge in [-0.1, -0.05) is 35.0 Å². The van der Waals surface area contributed by atoms with E-state index in [4.69, 9.17) is 4.52 Å². The van der Waals surface area contributed by atoms with E-state index in [-0.39, 0.29) is 0 Å². The lowest BCUT2D eigenvalue weighted by molar-refractivity contribution is 0.432. The first-order valence-corrected chi connectivity index (χ1v) is 7.42. The molecule has 110 valence electrons. The third kappa shape index (κ3) is 2.70. The van der Waals surface area contributed by atoms with Gasteiger partial charge in [-0.25, -0.2) is 4.98 Å². The largest absolute Gasteiger partial charge is 0.367 e. The molecular weight excluding hydrogens is 276 g/mol. The molecule has 0 unspecified atom stereocenters. The maximum absolute atomic E-state index is 5.35. The van der Waals surface area contributed by atoms with Crippen LogP contribution in [0.5, 0.6) is 0 Å². The Balaban J connectivity index is 1.56. The van der Waals surface area contributed by atoms with Crippen LogP contribution in [0.3, 0.4) is 0 Å². The predicted molar refractivity (Wildman–Crippen MR) is 84.3 cm³/mol. The fourth-order valence-electron chi connectivity index (χ4n) is 2.20. The van der Waals surface area contributed by atoms with Gasteiger partial charge >= 0.3 is 0 Å². The van der Waals surface area contributed by atoms with E-state index in [2.05, 4.69) is 20.4 Å². The van der Waals surface area contributed by atoms with Crippen molar-refractivity contribution in [1.82, 2.24) is 15.1 Å². The van der Waals surface area contributed by atoms with E-state index < -0.39 is 0 Å². The highest BCUT2D eigenvalue weighted by Crippen LogP contribution is 2.25. The first-order valence-electron chi connectivity index (χ1n) is 7.42. The van der Waals surface area contributed by atoms with Crippen LogP contribution in [0.15, 0.2) is 47.1 Å². The first-order chi connectivity index (χ1) is 10.8. The van der Waals surface area contributed by atoms with Crippen LogP contribution < -0.4 is 5.32 Å². The molecule has 0 atom stereocenters. The van der Waals surface area contributed by atoms with Crippen LogP contribution in [0, 0.1) is 6.92 Å². The van der Waals surface area contributed by atoms with Crippen LogP contribution in [-0.4, -0.2) is 21.2 Å². The molecule has 4 rings (SSSR count). The molecular formula is C17H16N4O. The van der Waals surface area contributed by atoms with Crippen molar-refractivity contribution in [1.29, 1.82) is 0 Å². The molecule has 0 amide bonds. The van der Waals surface area contributed by atoms with Gasteiger partial charge in [-0.15, -0.1) is 0 Å². The standard InChI is InChI=1S/C17H16N4O/c1-11-2-4-12(5-3-11)16-20-17(22-21-16)13-6-9-15(18-10-13)19-14-7-8-14/h2-6,9-10,14H,7-8H2,1H3,(H,18,19). The monoisotopic (exact) mass is 292 g/mol. The summed E-state index contributed by atoms with van der Waals surface area (Å²) >= 11 is 0. The fraction of sp³-hybridized carbons (Fsp3) is 0.235. The number of aromatic nitrogens is 3. The maximum atomic E-state index is 5.35. The number of anilines is 1. The van der Waals surface area contributed by atoms with Crippen molar-refractivity contribution < 1.29 is 4.52 Å². The minimum Gasteiger partial charge on any atom is -0.367 e. The Morgan fingerprint density at radius 1 is 1.05 bits per heavy atom. The molecule has 1 fully saturated rings. The summed E-state index contributed by atoms with van der Waals surface area (Å²) in [6.45, 7) is 2.05. The van der Waals surface area contributed by atoms with Gasteiger partial charge < -0.3 is 9.84 Å². The maximum Gasteiger partial charge on any atom is 0.259 e. The minimum absolute atomic E-state index is 0.487. The van der Waals surface area contributed by atoms with Crippen LogP contribution in [0.4, 0.5) is 5.82 Å². The molecule has 2 aromatic heterocycles. The summed E-state index contributed by atoms with van der Waals surface area (Å²) < 4.78 is 5.35. The zero-order valence-electron chi connectivity index (χ0n) is 12.3. The zero-order valence-corrected chi connectivity index (χ0v) is 12.3. The highest BCUT2D eigenvalue weighted by molar-refractivity contribution is 5.60. The van der Waals surface area contributed by atoms with Gasteiger partial charge in [-0.3, -0.25) is 0 Å². The van der Waals surface area contributed by atoms with Crippen molar-refractivity contribution >= 4 is 5.82 Å². The second kappa shape index (κ2) is 5.26. The predicted octanol–water partition coefficient (Wildman–Crippen LogP) is 3.68. The Morgan fingerprint density at radius 3 is 2.50 bits per heavy atom. The van der Waals surface area contributed by atoms with E-state index in [0.29, 0.717) is 17.8 Å². The van der Waals surface area contributed by atoms with E-state index in [9.17, 15) is 0 Å². The number of hydrogen-bond acceptors (Lipinski definition) is 5. The lowest BCUT2D eigenvalue weighted by atomic mass is 10.1. The van der Waals surface area contributed by atoms with Gasteiger partial charge in [0.15, 0.2) is 0 Å². The van der Waals surface area contributed by atoms with Crippen molar-refractivity contribution in [3.8, 4) is 22.8 Å². The molecule has 1 N–H and O–H groups in total. The molecule has 1 aliphatic rings. The highest BCUT2D eigenvalue weighted by atomic mass is 16.5. The smallest absolute Gasteiger partial charge is 0.259 e. The Morgan fingerprint density at radius 2 is 1.82 bits per heavy atom. The summed E-state index contributed by atoms with van der Waals surface area (Å²) in [6.07, 6.45) is 4.22. The van der Waals surface area contributed by atoms with Gasteiger partial charge in [0.05, 0.1) is 5.56 Å². The van der Waals surface area contributed by atoms with Crippen LogP contribution in [0.1, 0.15) is 18.4 Å². The van der Waals surface area contributed by atoms with Gasteiger partial charge in [-0.2, -0.15) is 4.98 Å². The topological polar surface area (TPSA) is 63.8 Å². The molecule has 22 heavy (non-hydrogen) atoms. The number of nitrogens with zero attached hydrogens (tertiary/aromatic N) is 3. The SMILES string of the molecule is Cc1ccc(-c2noc(-c3ccc(NC4CC4)nc3)n2)cc1.